The number of nitrogens with zero attached hydrogens (tertiary/aromatic N) is 1. The number of aryl methyl sites for hydroxylation is 1. The fraction of sp³-hybridized carbons (Fsp3) is 0.300. The lowest BCUT2D eigenvalue weighted by atomic mass is 10.1. The maximum absolute atomic E-state index is 12.3. The molecule has 76 valence electrons. The van der Waals surface area contributed by atoms with Gasteiger partial charge in [-0.3, -0.25) is 4.99 Å². The summed E-state index contributed by atoms with van der Waals surface area (Å²) in [6, 6.07) is 3.53. The van der Waals surface area contributed by atoms with Crippen molar-refractivity contribution in [2.24, 2.45) is 4.99 Å². The van der Waals surface area contributed by atoms with Gasteiger partial charge in [0.25, 0.3) is 0 Å². The van der Waals surface area contributed by atoms with Crippen LogP contribution in [0.5, 0.6) is 0 Å². The largest absolute Gasteiger partial charge is 0.416 e. The Bertz CT molecular complexity index is 353. The Morgan fingerprint density at radius 2 is 1.93 bits per heavy atom. The first-order valence-corrected chi connectivity index (χ1v) is 4.11. The second-order valence-corrected chi connectivity index (χ2v) is 2.89. The van der Waals surface area contributed by atoms with E-state index in [9.17, 15) is 13.2 Å². The highest BCUT2D eigenvalue weighted by molar-refractivity contribution is 5.62. The summed E-state index contributed by atoms with van der Waals surface area (Å²) in [5, 5.41) is 0. The van der Waals surface area contributed by atoms with E-state index in [-0.39, 0.29) is 0 Å². The van der Waals surface area contributed by atoms with Gasteiger partial charge in [-0.05, 0) is 31.5 Å². The smallest absolute Gasteiger partial charge is 0.261 e. The van der Waals surface area contributed by atoms with Gasteiger partial charge in [-0.15, -0.1) is 0 Å². The highest BCUT2D eigenvalue weighted by atomic mass is 19.4. The first-order chi connectivity index (χ1) is 6.45. The zero-order chi connectivity index (χ0) is 10.8. The van der Waals surface area contributed by atoms with E-state index < -0.39 is 11.7 Å². The van der Waals surface area contributed by atoms with Gasteiger partial charge in [-0.25, -0.2) is 0 Å². The number of rotatable bonds is 1. The standard InChI is InChI=1S/C10H10F3N/c1-3-14-9-6-8(10(11,12)13)5-4-7(9)2/h3-6H,1-2H3. The molecule has 0 unspecified atom stereocenters. The molecule has 1 nitrogen and oxygen atoms in total. The average Bonchev–Trinajstić information content (AvgIpc) is 2.07. The van der Waals surface area contributed by atoms with Crippen molar-refractivity contribution in [3.05, 3.63) is 29.3 Å². The van der Waals surface area contributed by atoms with Crippen molar-refractivity contribution in [3.8, 4) is 0 Å². The van der Waals surface area contributed by atoms with Crippen molar-refractivity contribution in [2.45, 2.75) is 20.0 Å². The molecule has 0 fully saturated rings. The average molecular weight is 201 g/mol. The summed E-state index contributed by atoms with van der Waals surface area (Å²) in [4.78, 5) is 3.86. The van der Waals surface area contributed by atoms with Crippen LogP contribution in [0.4, 0.5) is 18.9 Å². The molecule has 0 saturated carbocycles. The predicted octanol–water partition coefficient (Wildman–Crippen LogP) is 3.74. The fourth-order valence-electron chi connectivity index (χ4n) is 1.06. The van der Waals surface area contributed by atoms with Crippen molar-refractivity contribution in [1.82, 2.24) is 0 Å². The van der Waals surface area contributed by atoms with E-state index in [2.05, 4.69) is 4.99 Å². The van der Waals surface area contributed by atoms with Crippen molar-refractivity contribution in [1.29, 1.82) is 0 Å². The SMILES string of the molecule is CC=Nc1cc(C(F)(F)F)ccc1C. The Balaban J connectivity index is 3.19. The maximum Gasteiger partial charge on any atom is 0.416 e. The molecule has 0 aliphatic rings. The monoisotopic (exact) mass is 201 g/mol. The third kappa shape index (κ3) is 2.34. The summed E-state index contributed by atoms with van der Waals surface area (Å²) in [5.74, 6) is 0. The Labute approximate surface area is 80.3 Å². The van der Waals surface area contributed by atoms with Crippen LogP contribution in [-0.4, -0.2) is 6.21 Å². The van der Waals surface area contributed by atoms with Gasteiger partial charge in [0, 0.05) is 6.21 Å². The summed E-state index contributed by atoms with van der Waals surface area (Å²) < 4.78 is 36.9. The van der Waals surface area contributed by atoms with Crippen LogP contribution >= 0.6 is 0 Å². The van der Waals surface area contributed by atoms with E-state index in [1.807, 2.05) is 0 Å². The van der Waals surface area contributed by atoms with Gasteiger partial charge in [0.15, 0.2) is 0 Å². The van der Waals surface area contributed by atoms with Crippen molar-refractivity contribution in [3.63, 3.8) is 0 Å². The molecule has 0 radical (unpaired) electrons. The van der Waals surface area contributed by atoms with Crippen LogP contribution in [0.1, 0.15) is 18.1 Å². The van der Waals surface area contributed by atoms with Crippen LogP contribution in [0.25, 0.3) is 0 Å². The number of aliphatic imine (C=N–C) groups is 1. The molecular formula is C10H10F3N. The zero-order valence-electron chi connectivity index (χ0n) is 7.89. The number of halogens is 3. The Hall–Kier alpha value is -1.32. The van der Waals surface area contributed by atoms with Crippen molar-refractivity contribution in [2.75, 3.05) is 0 Å². The van der Waals surface area contributed by atoms with E-state index in [0.717, 1.165) is 17.7 Å². The predicted molar refractivity (Wildman–Crippen MR) is 50.0 cm³/mol. The number of hydrogen-bond donors (Lipinski definition) is 0. The van der Waals surface area contributed by atoms with Gasteiger partial charge in [-0.2, -0.15) is 13.2 Å². The lowest BCUT2D eigenvalue weighted by Crippen LogP contribution is -2.04. The number of hydrogen-bond acceptors (Lipinski definition) is 1. The molecule has 0 bridgehead atoms. The Morgan fingerprint density at radius 3 is 2.43 bits per heavy atom. The van der Waals surface area contributed by atoms with Gasteiger partial charge in [0.1, 0.15) is 0 Å². The summed E-state index contributed by atoms with van der Waals surface area (Å²) >= 11 is 0. The number of alkyl halides is 3. The molecule has 0 aliphatic carbocycles. The molecule has 1 aromatic carbocycles. The van der Waals surface area contributed by atoms with Gasteiger partial charge in [-0.1, -0.05) is 6.07 Å². The van der Waals surface area contributed by atoms with E-state index >= 15 is 0 Å². The fourth-order valence-corrected chi connectivity index (χ4v) is 1.06. The lowest BCUT2D eigenvalue weighted by molar-refractivity contribution is -0.137. The van der Waals surface area contributed by atoms with Gasteiger partial charge >= 0.3 is 6.18 Å². The molecule has 0 amide bonds. The highest BCUT2D eigenvalue weighted by Crippen LogP contribution is 2.32. The van der Waals surface area contributed by atoms with Crippen LogP contribution in [-0.2, 0) is 6.18 Å². The molecule has 1 rings (SSSR count). The molecule has 0 heterocycles. The summed E-state index contributed by atoms with van der Waals surface area (Å²) in [5.41, 5.74) is 0.433. The summed E-state index contributed by atoms with van der Waals surface area (Å²) in [7, 11) is 0. The zero-order valence-corrected chi connectivity index (χ0v) is 7.89. The number of benzene rings is 1. The molecule has 14 heavy (non-hydrogen) atoms. The molecule has 1 aromatic rings. The van der Waals surface area contributed by atoms with Crippen LogP contribution in [0.3, 0.4) is 0 Å². The molecule has 0 aliphatic heterocycles. The van der Waals surface area contributed by atoms with Crippen LogP contribution in [0, 0.1) is 6.92 Å². The molecule has 0 spiro atoms. The van der Waals surface area contributed by atoms with Crippen LogP contribution in [0.2, 0.25) is 0 Å². The maximum atomic E-state index is 12.3. The third-order valence-corrected chi connectivity index (χ3v) is 1.80. The van der Waals surface area contributed by atoms with Crippen LogP contribution < -0.4 is 0 Å². The van der Waals surface area contributed by atoms with Gasteiger partial charge in [0.05, 0.1) is 11.3 Å². The molecule has 0 N–H and O–H groups in total. The Kier molecular flexibility index (Phi) is 2.93. The summed E-state index contributed by atoms with van der Waals surface area (Å²) in [6.45, 7) is 3.39. The quantitative estimate of drug-likeness (QED) is 0.614. The van der Waals surface area contributed by atoms with Crippen molar-refractivity contribution < 1.29 is 13.2 Å². The first kappa shape index (κ1) is 10.8. The summed E-state index contributed by atoms with van der Waals surface area (Å²) in [6.07, 6.45) is -2.83. The molecule has 0 atom stereocenters. The minimum absolute atomic E-state index is 0.363. The van der Waals surface area contributed by atoms with E-state index in [1.54, 1.807) is 13.8 Å². The third-order valence-electron chi connectivity index (χ3n) is 1.80. The van der Waals surface area contributed by atoms with E-state index in [4.69, 9.17) is 0 Å². The van der Waals surface area contributed by atoms with Gasteiger partial charge < -0.3 is 0 Å². The van der Waals surface area contributed by atoms with E-state index in [1.165, 1.54) is 12.3 Å². The van der Waals surface area contributed by atoms with Crippen LogP contribution in [0.15, 0.2) is 23.2 Å². The topological polar surface area (TPSA) is 12.4 Å². The molecule has 4 heteroatoms. The molecular weight excluding hydrogens is 191 g/mol. The second-order valence-electron chi connectivity index (χ2n) is 2.89. The Morgan fingerprint density at radius 1 is 1.29 bits per heavy atom. The van der Waals surface area contributed by atoms with E-state index in [0.29, 0.717) is 5.69 Å². The minimum atomic E-state index is -4.30. The highest BCUT2D eigenvalue weighted by Gasteiger charge is 2.30. The minimum Gasteiger partial charge on any atom is -0.261 e. The normalized spacial score (nSPS) is 12.4. The lowest BCUT2D eigenvalue weighted by Gasteiger charge is -2.08. The molecule has 0 aromatic heterocycles. The first-order valence-electron chi connectivity index (χ1n) is 4.11. The second kappa shape index (κ2) is 3.82. The van der Waals surface area contributed by atoms with Crippen molar-refractivity contribution >= 4 is 11.9 Å². The molecule has 0 saturated heterocycles. The van der Waals surface area contributed by atoms with Gasteiger partial charge in [0.2, 0.25) is 0 Å².